The summed E-state index contributed by atoms with van der Waals surface area (Å²) in [6, 6.07) is 5.25. The van der Waals surface area contributed by atoms with E-state index in [1.807, 2.05) is 17.7 Å². The summed E-state index contributed by atoms with van der Waals surface area (Å²) < 4.78 is 16.3. The van der Waals surface area contributed by atoms with Crippen molar-refractivity contribution in [1.82, 2.24) is 20.0 Å². The zero-order valence-corrected chi connectivity index (χ0v) is 17.0. The average molecular weight is 411 g/mol. The normalized spacial score (nSPS) is 15.0. The van der Waals surface area contributed by atoms with E-state index < -0.39 is 5.91 Å². The minimum absolute atomic E-state index is 0.140. The molecule has 1 aliphatic rings. The van der Waals surface area contributed by atoms with Crippen LogP contribution in [0.25, 0.3) is 10.9 Å². The Morgan fingerprint density at radius 3 is 2.70 bits per heavy atom. The number of halogens is 1. The van der Waals surface area contributed by atoms with Crippen LogP contribution in [0, 0.1) is 11.7 Å². The number of aromatic nitrogens is 3. The Bertz CT molecular complexity index is 1030. The van der Waals surface area contributed by atoms with Gasteiger partial charge in [0.25, 0.3) is 5.91 Å². The average Bonchev–Trinajstić information content (AvgIpc) is 3.10. The standard InChI is InChI=1S/C22H26FN5O2/c1-27-14-16(20-18(23)6-3-7-19(20)27)5-2-4-15-8-10-28(11-9-15)22-24-12-17(13-25-22)21(29)26-30/h3,6-7,12-15,30H,2,4-5,8-11H2,1H3,(H,26,29). The summed E-state index contributed by atoms with van der Waals surface area (Å²) in [6.45, 7) is 1.75. The number of nitrogens with zero attached hydrogens (tertiary/aromatic N) is 4. The molecular weight excluding hydrogens is 385 g/mol. The second-order valence-corrected chi connectivity index (χ2v) is 7.93. The number of carbonyl (C=O) groups is 1. The molecule has 1 amide bonds. The molecule has 7 nitrogen and oxygen atoms in total. The van der Waals surface area contributed by atoms with E-state index in [9.17, 15) is 9.18 Å². The number of piperidine rings is 1. The molecule has 2 N–H and O–H groups in total. The third kappa shape index (κ3) is 4.14. The van der Waals surface area contributed by atoms with Crippen LogP contribution in [0.1, 0.15) is 41.6 Å². The lowest BCUT2D eigenvalue weighted by molar-refractivity contribution is 0.0705. The molecule has 2 aromatic heterocycles. The maximum atomic E-state index is 14.3. The molecule has 3 aromatic rings. The summed E-state index contributed by atoms with van der Waals surface area (Å²) in [5, 5.41) is 9.42. The first-order valence-electron chi connectivity index (χ1n) is 10.3. The topological polar surface area (TPSA) is 83.3 Å². The van der Waals surface area contributed by atoms with Crippen molar-refractivity contribution < 1.29 is 14.4 Å². The summed E-state index contributed by atoms with van der Waals surface area (Å²) in [5.74, 6) is 0.486. The maximum Gasteiger partial charge on any atom is 0.277 e. The van der Waals surface area contributed by atoms with Gasteiger partial charge in [-0.3, -0.25) is 10.0 Å². The van der Waals surface area contributed by atoms with Crippen LogP contribution in [0.2, 0.25) is 0 Å². The van der Waals surface area contributed by atoms with Crippen molar-refractivity contribution in [3.05, 3.63) is 53.7 Å². The molecule has 8 heteroatoms. The predicted molar refractivity (Wildman–Crippen MR) is 112 cm³/mol. The highest BCUT2D eigenvalue weighted by Crippen LogP contribution is 2.28. The molecule has 0 unspecified atom stereocenters. The molecule has 1 aliphatic heterocycles. The lowest BCUT2D eigenvalue weighted by Gasteiger charge is -2.32. The van der Waals surface area contributed by atoms with Gasteiger partial charge in [0, 0.05) is 44.1 Å². The second-order valence-electron chi connectivity index (χ2n) is 7.93. The number of amides is 1. The van der Waals surface area contributed by atoms with Crippen molar-refractivity contribution in [3.8, 4) is 0 Å². The Labute approximate surface area is 174 Å². The fourth-order valence-electron chi connectivity index (χ4n) is 4.35. The quantitative estimate of drug-likeness (QED) is 0.479. The van der Waals surface area contributed by atoms with Crippen LogP contribution in [0.3, 0.4) is 0 Å². The minimum Gasteiger partial charge on any atom is -0.350 e. The number of anilines is 1. The highest BCUT2D eigenvalue weighted by Gasteiger charge is 2.21. The first kappa shape index (κ1) is 20.3. The smallest absolute Gasteiger partial charge is 0.277 e. The van der Waals surface area contributed by atoms with Gasteiger partial charge in [0.15, 0.2) is 0 Å². The molecule has 1 fully saturated rings. The van der Waals surface area contributed by atoms with E-state index in [4.69, 9.17) is 5.21 Å². The van der Waals surface area contributed by atoms with Gasteiger partial charge in [-0.2, -0.15) is 0 Å². The minimum atomic E-state index is -0.619. The van der Waals surface area contributed by atoms with Gasteiger partial charge in [-0.15, -0.1) is 0 Å². The number of fused-ring (bicyclic) bond motifs is 1. The van der Waals surface area contributed by atoms with Crippen LogP contribution in [-0.4, -0.2) is 38.7 Å². The van der Waals surface area contributed by atoms with Crippen molar-refractivity contribution in [2.75, 3.05) is 18.0 Å². The number of hydroxylamine groups is 1. The predicted octanol–water partition coefficient (Wildman–Crippen LogP) is 3.47. The maximum absolute atomic E-state index is 14.3. The van der Waals surface area contributed by atoms with Crippen LogP contribution in [0.4, 0.5) is 10.3 Å². The van der Waals surface area contributed by atoms with Crippen molar-refractivity contribution in [2.24, 2.45) is 13.0 Å². The van der Waals surface area contributed by atoms with Crippen LogP contribution >= 0.6 is 0 Å². The molecule has 4 rings (SSSR count). The molecule has 0 radical (unpaired) electrons. The lowest BCUT2D eigenvalue weighted by Crippen LogP contribution is -2.35. The van der Waals surface area contributed by atoms with E-state index in [2.05, 4.69) is 21.1 Å². The highest BCUT2D eigenvalue weighted by atomic mass is 19.1. The lowest BCUT2D eigenvalue weighted by atomic mass is 9.91. The number of hydrogen-bond acceptors (Lipinski definition) is 5. The molecule has 1 aromatic carbocycles. The molecule has 0 spiro atoms. The monoisotopic (exact) mass is 411 g/mol. The molecule has 0 atom stereocenters. The number of hydrogen-bond donors (Lipinski definition) is 2. The molecule has 30 heavy (non-hydrogen) atoms. The van der Waals surface area contributed by atoms with Crippen LogP contribution in [0.15, 0.2) is 36.8 Å². The van der Waals surface area contributed by atoms with Crippen LogP contribution < -0.4 is 10.4 Å². The summed E-state index contributed by atoms with van der Waals surface area (Å²) in [5.41, 5.74) is 3.83. The summed E-state index contributed by atoms with van der Waals surface area (Å²) in [6.07, 6.45) is 10.1. The number of carbonyl (C=O) groups excluding carboxylic acids is 1. The molecule has 158 valence electrons. The summed E-state index contributed by atoms with van der Waals surface area (Å²) in [7, 11) is 1.96. The van der Waals surface area contributed by atoms with Gasteiger partial charge in [-0.05, 0) is 55.7 Å². The number of rotatable bonds is 6. The van der Waals surface area contributed by atoms with E-state index in [1.54, 1.807) is 11.5 Å². The van der Waals surface area contributed by atoms with E-state index >= 15 is 0 Å². The van der Waals surface area contributed by atoms with Gasteiger partial charge < -0.3 is 9.47 Å². The zero-order valence-electron chi connectivity index (χ0n) is 17.0. The zero-order chi connectivity index (χ0) is 21.1. The van der Waals surface area contributed by atoms with Gasteiger partial charge in [-0.25, -0.2) is 19.8 Å². The Morgan fingerprint density at radius 1 is 1.27 bits per heavy atom. The fourth-order valence-corrected chi connectivity index (χ4v) is 4.35. The SMILES string of the molecule is Cn1cc(CCCC2CCN(c3ncc(C(=O)NO)cn3)CC2)c2c(F)cccc21. The number of benzene rings is 1. The van der Waals surface area contributed by atoms with Gasteiger partial charge in [0.2, 0.25) is 5.95 Å². The highest BCUT2D eigenvalue weighted by molar-refractivity contribution is 5.92. The molecule has 0 bridgehead atoms. The first-order chi connectivity index (χ1) is 14.6. The van der Waals surface area contributed by atoms with Crippen molar-refractivity contribution in [1.29, 1.82) is 0 Å². The molecule has 1 saturated heterocycles. The van der Waals surface area contributed by atoms with Crippen LogP contribution in [0.5, 0.6) is 0 Å². The molecule has 0 aliphatic carbocycles. The second kappa shape index (κ2) is 8.79. The van der Waals surface area contributed by atoms with E-state index in [-0.39, 0.29) is 11.4 Å². The van der Waals surface area contributed by atoms with Crippen molar-refractivity contribution in [3.63, 3.8) is 0 Å². The van der Waals surface area contributed by atoms with Gasteiger partial charge in [-0.1, -0.05) is 6.07 Å². The summed E-state index contributed by atoms with van der Waals surface area (Å²) in [4.78, 5) is 22.0. The Kier molecular flexibility index (Phi) is 5.94. The van der Waals surface area contributed by atoms with E-state index in [1.165, 1.54) is 18.5 Å². The van der Waals surface area contributed by atoms with E-state index in [0.717, 1.165) is 61.7 Å². The van der Waals surface area contributed by atoms with Gasteiger partial charge in [0.05, 0.1) is 11.1 Å². The Balaban J connectivity index is 1.28. The molecule has 3 heterocycles. The fraction of sp³-hybridized carbons (Fsp3) is 0.409. The third-order valence-corrected chi connectivity index (χ3v) is 6.00. The summed E-state index contributed by atoms with van der Waals surface area (Å²) >= 11 is 0. The van der Waals surface area contributed by atoms with Crippen molar-refractivity contribution in [2.45, 2.75) is 32.1 Å². The Morgan fingerprint density at radius 2 is 2.00 bits per heavy atom. The molecular formula is C22H26FN5O2. The Hall–Kier alpha value is -3.00. The number of aryl methyl sites for hydroxylation is 2. The van der Waals surface area contributed by atoms with Crippen LogP contribution in [-0.2, 0) is 13.5 Å². The first-order valence-corrected chi connectivity index (χ1v) is 10.3. The van der Waals surface area contributed by atoms with Gasteiger partial charge >= 0.3 is 0 Å². The van der Waals surface area contributed by atoms with Crippen molar-refractivity contribution >= 4 is 22.8 Å². The van der Waals surface area contributed by atoms with Gasteiger partial charge in [0.1, 0.15) is 5.82 Å². The number of nitrogens with one attached hydrogen (secondary N) is 1. The molecule has 0 saturated carbocycles. The largest absolute Gasteiger partial charge is 0.350 e. The van der Waals surface area contributed by atoms with E-state index in [0.29, 0.717) is 11.9 Å². The third-order valence-electron chi connectivity index (χ3n) is 6.00.